The maximum atomic E-state index is 5.65. The van der Waals surface area contributed by atoms with Gasteiger partial charge in [-0.3, -0.25) is 4.90 Å². The van der Waals surface area contributed by atoms with Crippen LogP contribution in [0.2, 0.25) is 0 Å². The number of hydrogen-bond acceptors (Lipinski definition) is 4. The van der Waals surface area contributed by atoms with Gasteiger partial charge in [-0.25, -0.2) is 0 Å². The van der Waals surface area contributed by atoms with Gasteiger partial charge in [-0.15, -0.1) is 0 Å². The van der Waals surface area contributed by atoms with Crippen LogP contribution in [0.3, 0.4) is 0 Å². The molecule has 0 aliphatic carbocycles. The molecule has 4 nitrogen and oxygen atoms in total. The van der Waals surface area contributed by atoms with Crippen molar-refractivity contribution >= 4 is 0 Å². The summed E-state index contributed by atoms with van der Waals surface area (Å²) in [5.74, 6) is 0.866. The lowest BCUT2D eigenvalue weighted by Gasteiger charge is -2.40. The average molecular weight is 255 g/mol. The Hall–Kier alpha value is -0.160. The van der Waals surface area contributed by atoms with Crippen molar-refractivity contribution in [2.24, 2.45) is 5.92 Å². The van der Waals surface area contributed by atoms with Gasteiger partial charge in [0.15, 0.2) is 0 Å². The van der Waals surface area contributed by atoms with Gasteiger partial charge in [0, 0.05) is 25.2 Å². The van der Waals surface area contributed by atoms with E-state index < -0.39 is 0 Å². The molecule has 2 aliphatic heterocycles. The lowest BCUT2D eigenvalue weighted by molar-refractivity contribution is 0.000226. The zero-order chi connectivity index (χ0) is 13.0. The zero-order valence-electron chi connectivity index (χ0n) is 12.2. The van der Waals surface area contributed by atoms with Crippen molar-refractivity contribution < 1.29 is 4.74 Å². The van der Waals surface area contributed by atoms with Crippen LogP contribution in [0, 0.1) is 5.92 Å². The highest BCUT2D eigenvalue weighted by atomic mass is 16.5. The lowest BCUT2D eigenvalue weighted by Crippen LogP contribution is -2.54. The topological polar surface area (TPSA) is 27.7 Å². The molecule has 0 radical (unpaired) electrons. The van der Waals surface area contributed by atoms with Crippen LogP contribution >= 0.6 is 0 Å². The van der Waals surface area contributed by atoms with E-state index in [1.54, 1.807) is 0 Å². The van der Waals surface area contributed by atoms with Gasteiger partial charge < -0.3 is 15.0 Å². The Morgan fingerprint density at radius 1 is 1.28 bits per heavy atom. The molecule has 0 bridgehead atoms. The molecule has 0 aromatic carbocycles. The van der Waals surface area contributed by atoms with E-state index in [1.807, 2.05) is 0 Å². The number of likely N-dealkylation sites (tertiary alicyclic amines) is 1. The molecule has 0 amide bonds. The van der Waals surface area contributed by atoms with Crippen LogP contribution in [0.4, 0.5) is 0 Å². The number of hydrogen-bond donors (Lipinski definition) is 1. The fourth-order valence-corrected chi connectivity index (χ4v) is 3.28. The van der Waals surface area contributed by atoms with Crippen LogP contribution in [-0.4, -0.2) is 75.9 Å². The third-order valence-corrected chi connectivity index (χ3v) is 4.65. The first-order valence-corrected chi connectivity index (χ1v) is 7.34. The van der Waals surface area contributed by atoms with Crippen molar-refractivity contribution in [3.05, 3.63) is 0 Å². The second-order valence-electron chi connectivity index (χ2n) is 6.01. The van der Waals surface area contributed by atoms with Crippen LogP contribution < -0.4 is 5.32 Å². The molecule has 2 fully saturated rings. The first-order valence-electron chi connectivity index (χ1n) is 7.34. The molecule has 2 rings (SSSR count). The Labute approximate surface area is 112 Å². The molecule has 0 aromatic heterocycles. The molecule has 4 heteroatoms. The summed E-state index contributed by atoms with van der Waals surface area (Å²) in [6, 6.07) is 1.14. The minimum Gasteiger partial charge on any atom is -0.380 e. The van der Waals surface area contributed by atoms with E-state index in [-0.39, 0.29) is 0 Å². The fraction of sp³-hybridized carbons (Fsp3) is 1.00. The second-order valence-corrected chi connectivity index (χ2v) is 6.01. The molecule has 2 unspecified atom stereocenters. The van der Waals surface area contributed by atoms with Gasteiger partial charge in [0.2, 0.25) is 0 Å². The van der Waals surface area contributed by atoms with Crippen molar-refractivity contribution in [1.29, 1.82) is 0 Å². The van der Waals surface area contributed by atoms with Gasteiger partial charge in [-0.1, -0.05) is 0 Å². The second kappa shape index (κ2) is 6.85. The van der Waals surface area contributed by atoms with Crippen molar-refractivity contribution in [2.45, 2.75) is 31.3 Å². The van der Waals surface area contributed by atoms with Gasteiger partial charge >= 0.3 is 0 Å². The Morgan fingerprint density at radius 2 is 2.00 bits per heavy atom. The molecule has 2 heterocycles. The number of rotatable bonds is 4. The van der Waals surface area contributed by atoms with Gasteiger partial charge in [0.05, 0.1) is 6.61 Å². The van der Waals surface area contributed by atoms with Gasteiger partial charge in [-0.05, 0) is 59.4 Å². The molecule has 0 saturated carbocycles. The largest absolute Gasteiger partial charge is 0.380 e. The van der Waals surface area contributed by atoms with Crippen LogP contribution in [-0.2, 0) is 4.74 Å². The first-order chi connectivity index (χ1) is 8.70. The number of nitrogens with one attached hydrogen (secondary N) is 1. The van der Waals surface area contributed by atoms with Crippen molar-refractivity contribution in [3.63, 3.8) is 0 Å². The van der Waals surface area contributed by atoms with E-state index in [1.165, 1.54) is 32.5 Å². The summed E-state index contributed by atoms with van der Waals surface area (Å²) in [6.45, 7) is 5.53. The predicted molar refractivity (Wildman–Crippen MR) is 74.9 cm³/mol. The Balaban J connectivity index is 1.80. The molecular weight excluding hydrogens is 226 g/mol. The highest BCUT2D eigenvalue weighted by molar-refractivity contribution is 4.86. The third kappa shape index (κ3) is 3.67. The SMILES string of the molecule is CNC1CCOCC1N(C)CC1CCN(C)CC1. The fourth-order valence-electron chi connectivity index (χ4n) is 3.28. The molecule has 0 spiro atoms. The maximum Gasteiger partial charge on any atom is 0.0636 e. The van der Waals surface area contributed by atoms with Gasteiger partial charge in [0.25, 0.3) is 0 Å². The molecule has 2 atom stereocenters. The van der Waals surface area contributed by atoms with Crippen molar-refractivity contribution in [2.75, 3.05) is 54.0 Å². The summed E-state index contributed by atoms with van der Waals surface area (Å²) < 4.78 is 5.65. The van der Waals surface area contributed by atoms with E-state index in [0.29, 0.717) is 12.1 Å². The van der Waals surface area contributed by atoms with Gasteiger partial charge in [0.1, 0.15) is 0 Å². The standard InChI is InChI=1S/C14H29N3O/c1-15-13-6-9-18-11-14(13)17(3)10-12-4-7-16(2)8-5-12/h12-15H,4-11H2,1-3H3. The lowest BCUT2D eigenvalue weighted by atomic mass is 9.94. The summed E-state index contributed by atoms with van der Waals surface area (Å²) in [7, 11) is 6.57. The summed E-state index contributed by atoms with van der Waals surface area (Å²) in [5, 5.41) is 3.45. The monoisotopic (exact) mass is 255 g/mol. The van der Waals surface area contributed by atoms with E-state index in [0.717, 1.165) is 25.6 Å². The molecule has 18 heavy (non-hydrogen) atoms. The smallest absolute Gasteiger partial charge is 0.0636 e. The Kier molecular flexibility index (Phi) is 5.42. The first kappa shape index (κ1) is 14.3. The highest BCUT2D eigenvalue weighted by Gasteiger charge is 2.29. The van der Waals surface area contributed by atoms with E-state index in [9.17, 15) is 0 Å². The van der Waals surface area contributed by atoms with Crippen molar-refractivity contribution in [1.82, 2.24) is 15.1 Å². The molecule has 106 valence electrons. The number of nitrogens with zero attached hydrogens (tertiary/aromatic N) is 2. The average Bonchev–Trinajstić information content (AvgIpc) is 2.41. The van der Waals surface area contributed by atoms with Crippen LogP contribution in [0.5, 0.6) is 0 Å². The van der Waals surface area contributed by atoms with E-state index >= 15 is 0 Å². The van der Waals surface area contributed by atoms with Crippen molar-refractivity contribution in [3.8, 4) is 0 Å². The minimum absolute atomic E-state index is 0.545. The molecule has 2 aliphatic rings. The maximum absolute atomic E-state index is 5.65. The van der Waals surface area contributed by atoms with E-state index in [2.05, 4.69) is 36.3 Å². The van der Waals surface area contributed by atoms with Gasteiger partial charge in [-0.2, -0.15) is 0 Å². The summed E-state index contributed by atoms with van der Waals surface area (Å²) in [5.41, 5.74) is 0. The molecule has 1 N–H and O–H groups in total. The Bertz CT molecular complexity index is 241. The quantitative estimate of drug-likeness (QED) is 0.798. The minimum atomic E-state index is 0.545. The predicted octanol–water partition coefficient (Wildman–Crippen LogP) is 0.637. The number of likely N-dealkylation sites (N-methyl/N-ethyl adjacent to an activating group) is 2. The normalized spacial score (nSPS) is 32.0. The summed E-state index contributed by atoms with van der Waals surface area (Å²) in [6.07, 6.45) is 3.83. The highest BCUT2D eigenvalue weighted by Crippen LogP contribution is 2.20. The summed E-state index contributed by atoms with van der Waals surface area (Å²) >= 11 is 0. The Morgan fingerprint density at radius 3 is 2.67 bits per heavy atom. The van der Waals surface area contributed by atoms with Crippen LogP contribution in [0.15, 0.2) is 0 Å². The van der Waals surface area contributed by atoms with Crippen LogP contribution in [0.25, 0.3) is 0 Å². The summed E-state index contributed by atoms with van der Waals surface area (Å²) in [4.78, 5) is 4.97. The molecular formula is C14H29N3O. The number of ether oxygens (including phenoxy) is 1. The molecule has 2 saturated heterocycles. The molecule has 0 aromatic rings. The number of piperidine rings is 1. The van der Waals surface area contributed by atoms with E-state index in [4.69, 9.17) is 4.74 Å². The zero-order valence-corrected chi connectivity index (χ0v) is 12.2. The van der Waals surface area contributed by atoms with Crippen LogP contribution in [0.1, 0.15) is 19.3 Å². The third-order valence-electron chi connectivity index (χ3n) is 4.65.